The Morgan fingerprint density at radius 2 is 1.80 bits per heavy atom. The summed E-state index contributed by atoms with van der Waals surface area (Å²) in [5, 5.41) is 5.57. The molecule has 1 unspecified atom stereocenters. The average molecular weight is 409 g/mol. The molecule has 7 nitrogen and oxygen atoms in total. The predicted octanol–water partition coefficient (Wildman–Crippen LogP) is 3.88. The minimum atomic E-state index is -0.392. The minimum absolute atomic E-state index is 0.0184. The van der Waals surface area contributed by atoms with Gasteiger partial charge in [0.05, 0.1) is 18.2 Å². The summed E-state index contributed by atoms with van der Waals surface area (Å²) in [5.74, 6) is -0.393. The van der Waals surface area contributed by atoms with Crippen LogP contribution in [-0.2, 0) is 9.53 Å². The molecule has 0 aromatic heterocycles. The van der Waals surface area contributed by atoms with Crippen LogP contribution in [0.3, 0.4) is 0 Å². The molecule has 0 bridgehead atoms. The highest BCUT2D eigenvalue weighted by molar-refractivity contribution is 5.98. The zero-order valence-corrected chi connectivity index (χ0v) is 17.3. The molecule has 0 radical (unpaired) electrons. The number of benzene rings is 2. The number of ether oxygens (including phenoxy) is 1. The summed E-state index contributed by atoms with van der Waals surface area (Å²) in [6.07, 6.45) is 2.04. The van der Waals surface area contributed by atoms with Crippen molar-refractivity contribution in [1.82, 2.24) is 5.32 Å². The van der Waals surface area contributed by atoms with Crippen molar-refractivity contribution < 1.29 is 19.1 Å². The van der Waals surface area contributed by atoms with Crippen LogP contribution in [0.15, 0.2) is 48.5 Å². The van der Waals surface area contributed by atoms with Gasteiger partial charge in [-0.05, 0) is 49.7 Å². The van der Waals surface area contributed by atoms with Gasteiger partial charge in [-0.3, -0.25) is 4.79 Å². The van der Waals surface area contributed by atoms with Crippen molar-refractivity contribution in [3.63, 3.8) is 0 Å². The number of hydrogen-bond acceptors (Lipinski definition) is 4. The second-order valence-electron chi connectivity index (χ2n) is 7.41. The van der Waals surface area contributed by atoms with Gasteiger partial charge in [-0.1, -0.05) is 31.0 Å². The molecule has 30 heavy (non-hydrogen) atoms. The van der Waals surface area contributed by atoms with Crippen LogP contribution >= 0.6 is 0 Å². The third-order valence-corrected chi connectivity index (χ3v) is 4.92. The quantitative estimate of drug-likeness (QED) is 0.537. The molecule has 0 aliphatic carbocycles. The molecular weight excluding hydrogens is 382 g/mol. The minimum Gasteiger partial charge on any atom is -0.462 e. The van der Waals surface area contributed by atoms with Gasteiger partial charge in [0.2, 0.25) is 5.91 Å². The molecule has 158 valence electrons. The van der Waals surface area contributed by atoms with E-state index in [4.69, 9.17) is 4.74 Å². The van der Waals surface area contributed by atoms with E-state index in [-0.39, 0.29) is 24.3 Å². The normalized spacial score (nSPS) is 15.7. The Labute approximate surface area is 176 Å². The Morgan fingerprint density at radius 3 is 2.47 bits per heavy atom. The second kappa shape index (κ2) is 9.91. The summed E-state index contributed by atoms with van der Waals surface area (Å²) < 4.78 is 5.17. The first kappa shape index (κ1) is 21.4. The van der Waals surface area contributed by atoms with Crippen molar-refractivity contribution in [3.05, 3.63) is 59.7 Å². The van der Waals surface area contributed by atoms with E-state index < -0.39 is 6.03 Å². The topological polar surface area (TPSA) is 87.7 Å². The highest BCUT2D eigenvalue weighted by Gasteiger charge is 2.31. The zero-order valence-electron chi connectivity index (χ0n) is 17.3. The fourth-order valence-corrected chi connectivity index (χ4v) is 3.21. The molecule has 2 N–H and O–H groups in total. The SMILES string of the molecule is CCCCOC(=O)c1ccc(NC(=O)NC2CC(=O)N(c3ccc(C)cc3)C2)cc1. The second-order valence-corrected chi connectivity index (χ2v) is 7.41. The van der Waals surface area contributed by atoms with Crippen LogP contribution in [-0.4, -0.2) is 37.1 Å². The fraction of sp³-hybridized carbons (Fsp3) is 0.348. The molecule has 1 heterocycles. The Bertz CT molecular complexity index is 894. The van der Waals surface area contributed by atoms with Crippen molar-refractivity contribution in [2.75, 3.05) is 23.4 Å². The van der Waals surface area contributed by atoms with Crippen LogP contribution in [0, 0.1) is 6.92 Å². The fourth-order valence-electron chi connectivity index (χ4n) is 3.21. The number of urea groups is 1. The maximum Gasteiger partial charge on any atom is 0.338 e. The first-order valence-corrected chi connectivity index (χ1v) is 10.2. The van der Waals surface area contributed by atoms with Crippen molar-refractivity contribution in [2.45, 2.75) is 39.2 Å². The smallest absolute Gasteiger partial charge is 0.338 e. The van der Waals surface area contributed by atoms with Gasteiger partial charge in [-0.15, -0.1) is 0 Å². The molecule has 1 atom stereocenters. The number of nitrogens with one attached hydrogen (secondary N) is 2. The Balaban J connectivity index is 1.50. The van der Waals surface area contributed by atoms with Gasteiger partial charge in [0, 0.05) is 24.3 Å². The monoisotopic (exact) mass is 409 g/mol. The maximum absolute atomic E-state index is 12.3. The number of rotatable bonds is 7. The van der Waals surface area contributed by atoms with E-state index in [1.807, 2.05) is 38.1 Å². The Hall–Kier alpha value is -3.35. The highest BCUT2D eigenvalue weighted by Crippen LogP contribution is 2.22. The number of carbonyl (C=O) groups is 3. The van der Waals surface area contributed by atoms with Gasteiger partial charge in [0.1, 0.15) is 0 Å². The summed E-state index contributed by atoms with van der Waals surface area (Å²) in [4.78, 5) is 38.2. The lowest BCUT2D eigenvalue weighted by Gasteiger charge is -2.17. The summed E-state index contributed by atoms with van der Waals surface area (Å²) in [6.45, 7) is 4.85. The van der Waals surface area contributed by atoms with E-state index in [0.717, 1.165) is 24.1 Å². The van der Waals surface area contributed by atoms with Crippen molar-refractivity contribution >= 4 is 29.3 Å². The van der Waals surface area contributed by atoms with Crippen molar-refractivity contribution in [3.8, 4) is 0 Å². The predicted molar refractivity (Wildman–Crippen MR) is 116 cm³/mol. The summed E-state index contributed by atoms with van der Waals surface area (Å²) >= 11 is 0. The lowest BCUT2D eigenvalue weighted by Crippen LogP contribution is -2.39. The number of nitrogens with zero attached hydrogens (tertiary/aromatic N) is 1. The summed E-state index contributed by atoms with van der Waals surface area (Å²) in [6, 6.07) is 13.6. The van der Waals surface area contributed by atoms with Crippen LogP contribution in [0.2, 0.25) is 0 Å². The molecule has 0 saturated carbocycles. The number of aryl methyl sites for hydroxylation is 1. The number of esters is 1. The number of unbranched alkanes of at least 4 members (excludes halogenated alkanes) is 1. The number of carbonyl (C=O) groups excluding carboxylic acids is 3. The lowest BCUT2D eigenvalue weighted by molar-refractivity contribution is -0.117. The van der Waals surface area contributed by atoms with Gasteiger partial charge >= 0.3 is 12.0 Å². The Morgan fingerprint density at radius 1 is 1.10 bits per heavy atom. The zero-order chi connectivity index (χ0) is 21.5. The number of amides is 3. The van der Waals surface area contributed by atoms with E-state index in [9.17, 15) is 14.4 Å². The largest absolute Gasteiger partial charge is 0.462 e. The molecule has 3 rings (SSSR count). The van der Waals surface area contributed by atoms with Gasteiger partial charge in [0.15, 0.2) is 0 Å². The molecule has 7 heteroatoms. The van der Waals surface area contributed by atoms with E-state index in [1.165, 1.54) is 0 Å². The average Bonchev–Trinajstić information content (AvgIpc) is 3.09. The Kier molecular flexibility index (Phi) is 7.06. The molecule has 1 fully saturated rings. The van der Waals surface area contributed by atoms with Crippen molar-refractivity contribution in [1.29, 1.82) is 0 Å². The van der Waals surface area contributed by atoms with Gasteiger partial charge in [-0.25, -0.2) is 9.59 Å². The van der Waals surface area contributed by atoms with E-state index >= 15 is 0 Å². The first-order valence-electron chi connectivity index (χ1n) is 10.2. The number of hydrogen-bond donors (Lipinski definition) is 2. The standard InChI is InChI=1S/C23H27N3O4/c1-3-4-13-30-22(28)17-7-9-18(10-8-17)24-23(29)25-19-14-21(27)26(15-19)20-11-5-16(2)6-12-20/h5-12,19H,3-4,13-15H2,1-2H3,(H2,24,25,29). The van der Waals surface area contributed by atoms with Crippen LogP contribution in [0.4, 0.5) is 16.2 Å². The van der Waals surface area contributed by atoms with E-state index in [0.29, 0.717) is 24.4 Å². The van der Waals surface area contributed by atoms with Crippen LogP contribution < -0.4 is 15.5 Å². The molecule has 2 aromatic rings. The van der Waals surface area contributed by atoms with Gasteiger partial charge in [-0.2, -0.15) is 0 Å². The third-order valence-electron chi connectivity index (χ3n) is 4.92. The highest BCUT2D eigenvalue weighted by atomic mass is 16.5. The van der Waals surface area contributed by atoms with E-state index in [2.05, 4.69) is 10.6 Å². The van der Waals surface area contributed by atoms with Crippen LogP contribution in [0.25, 0.3) is 0 Å². The molecular formula is C23H27N3O4. The number of anilines is 2. The van der Waals surface area contributed by atoms with Crippen LogP contribution in [0.5, 0.6) is 0 Å². The summed E-state index contributed by atoms with van der Waals surface area (Å²) in [5.41, 5.74) is 2.95. The molecule has 3 amide bonds. The van der Waals surface area contributed by atoms with Gasteiger partial charge in [0.25, 0.3) is 0 Å². The van der Waals surface area contributed by atoms with Crippen molar-refractivity contribution in [2.24, 2.45) is 0 Å². The molecule has 1 saturated heterocycles. The summed E-state index contributed by atoms with van der Waals surface area (Å²) in [7, 11) is 0. The third kappa shape index (κ3) is 5.59. The molecule has 1 aliphatic rings. The molecule has 0 spiro atoms. The molecule has 2 aromatic carbocycles. The first-order chi connectivity index (χ1) is 14.5. The maximum atomic E-state index is 12.3. The molecule has 1 aliphatic heterocycles. The van der Waals surface area contributed by atoms with E-state index in [1.54, 1.807) is 29.2 Å². The van der Waals surface area contributed by atoms with Gasteiger partial charge < -0.3 is 20.3 Å². The lowest BCUT2D eigenvalue weighted by atomic mass is 10.2. The van der Waals surface area contributed by atoms with Crippen LogP contribution in [0.1, 0.15) is 42.1 Å².